The Morgan fingerprint density at radius 3 is 2.40 bits per heavy atom. The summed E-state index contributed by atoms with van der Waals surface area (Å²) in [6, 6.07) is 0. The zero-order chi connectivity index (χ0) is 7.56. The van der Waals surface area contributed by atoms with Crippen molar-refractivity contribution < 1.29 is 0 Å². The van der Waals surface area contributed by atoms with Crippen molar-refractivity contribution in [3.8, 4) is 0 Å². The highest BCUT2D eigenvalue weighted by atomic mass is 32.9. The second kappa shape index (κ2) is 3.50. The largest absolute Gasteiger partial charge is 0.389 e. The molecule has 0 spiro atoms. The summed E-state index contributed by atoms with van der Waals surface area (Å²) in [6.07, 6.45) is 2.05. The van der Waals surface area contributed by atoms with Gasteiger partial charge in [0.05, 0.1) is 14.1 Å². The highest BCUT2D eigenvalue weighted by Crippen LogP contribution is 2.17. The average Bonchev–Trinajstić information content (AvgIpc) is 2.34. The van der Waals surface area contributed by atoms with Crippen molar-refractivity contribution >= 4 is 32.4 Å². The van der Waals surface area contributed by atoms with Crippen LogP contribution < -0.4 is 9.38 Å². The van der Waals surface area contributed by atoms with E-state index < -0.39 is 0 Å². The van der Waals surface area contributed by atoms with Crippen molar-refractivity contribution in [3.05, 3.63) is 4.80 Å². The van der Waals surface area contributed by atoms with Crippen LogP contribution in [0.5, 0.6) is 0 Å². The van der Waals surface area contributed by atoms with Crippen LogP contribution in [0.1, 0.15) is 0 Å². The van der Waals surface area contributed by atoms with E-state index in [-0.39, 0.29) is 0 Å². The summed E-state index contributed by atoms with van der Waals surface area (Å²) in [4.78, 5) is 5.45. The van der Waals surface area contributed by atoms with E-state index in [2.05, 4.69) is 4.98 Å². The minimum atomic E-state index is 1.09. The molecule has 10 heavy (non-hydrogen) atoms. The zero-order valence-corrected chi connectivity index (χ0v) is 8.57. The van der Waals surface area contributed by atoms with E-state index in [1.165, 1.54) is 0 Å². The summed E-state index contributed by atoms with van der Waals surface area (Å²) in [6.45, 7) is 0. The molecular formula is C5H9N2S3+. The maximum absolute atomic E-state index is 4.35. The van der Waals surface area contributed by atoms with E-state index in [9.17, 15) is 0 Å². The van der Waals surface area contributed by atoms with E-state index in [0.29, 0.717) is 0 Å². The fraction of sp³-hybridized carbons (Fsp3) is 0.600. The van der Waals surface area contributed by atoms with Crippen molar-refractivity contribution in [1.82, 2.24) is 9.56 Å². The van der Waals surface area contributed by atoms with Gasteiger partial charge in [0.2, 0.25) is 0 Å². The predicted molar refractivity (Wildman–Crippen MR) is 48.9 cm³/mol. The van der Waals surface area contributed by atoms with Crippen LogP contribution in [0.4, 0.5) is 0 Å². The molecule has 0 aromatic carbocycles. The van der Waals surface area contributed by atoms with Crippen LogP contribution in [0.15, 0.2) is 4.34 Å². The van der Waals surface area contributed by atoms with Gasteiger partial charge in [-0.05, 0) is 21.6 Å². The lowest BCUT2D eigenvalue weighted by Gasteiger charge is -1.76. The van der Waals surface area contributed by atoms with Crippen LogP contribution >= 0.6 is 32.4 Å². The first-order chi connectivity index (χ1) is 4.74. The molecule has 0 radical (unpaired) electrons. The standard InChI is InChI=1S/C5H9N2S3/c1-7(2)4-6-5(8-3)10-9-4/h1-3H3/q+1. The van der Waals surface area contributed by atoms with Crippen LogP contribution in [0.2, 0.25) is 0 Å². The summed E-state index contributed by atoms with van der Waals surface area (Å²) in [7, 11) is 7.47. The van der Waals surface area contributed by atoms with E-state index in [4.69, 9.17) is 0 Å². The van der Waals surface area contributed by atoms with Gasteiger partial charge in [-0.3, -0.25) is 4.58 Å². The Labute approximate surface area is 71.6 Å². The number of rotatable bonds is 1. The number of hydrogen-bond acceptors (Lipinski definition) is 4. The SMILES string of the molecule is CSc1nc(=[N+](C)C)ss1. The molecule has 0 aliphatic carbocycles. The maximum Gasteiger partial charge on any atom is 0.389 e. The molecule has 0 fully saturated rings. The molecule has 0 bridgehead atoms. The van der Waals surface area contributed by atoms with E-state index in [1.807, 2.05) is 24.9 Å². The quantitative estimate of drug-likeness (QED) is 0.375. The molecule has 0 N–H and O–H groups in total. The van der Waals surface area contributed by atoms with Crippen molar-refractivity contribution in [2.24, 2.45) is 0 Å². The van der Waals surface area contributed by atoms with Gasteiger partial charge in [0.1, 0.15) is 0 Å². The molecule has 0 saturated heterocycles. The highest BCUT2D eigenvalue weighted by Gasteiger charge is 2.04. The van der Waals surface area contributed by atoms with Crippen LogP contribution in [0.3, 0.4) is 0 Å². The predicted octanol–water partition coefficient (Wildman–Crippen LogP) is 0.958. The molecule has 0 amide bonds. The van der Waals surface area contributed by atoms with Gasteiger partial charge in [0.15, 0.2) is 0 Å². The van der Waals surface area contributed by atoms with Crippen molar-refractivity contribution in [3.63, 3.8) is 0 Å². The zero-order valence-electron chi connectivity index (χ0n) is 6.12. The summed E-state index contributed by atoms with van der Waals surface area (Å²) >= 11 is 1.70. The molecule has 56 valence electrons. The minimum Gasteiger partial charge on any atom is -0.254 e. The molecular weight excluding hydrogens is 184 g/mol. The normalized spacial score (nSPS) is 9.90. The van der Waals surface area contributed by atoms with Gasteiger partial charge in [-0.2, -0.15) is 0 Å². The lowest BCUT2D eigenvalue weighted by Crippen LogP contribution is -2.19. The molecule has 0 unspecified atom stereocenters. The molecule has 0 atom stereocenters. The molecule has 1 heterocycles. The molecule has 5 heteroatoms. The Balaban J connectivity index is 3.11. The van der Waals surface area contributed by atoms with E-state index in [0.717, 1.165) is 9.14 Å². The topological polar surface area (TPSA) is 15.9 Å². The Hall–Kier alpha value is 0.130. The lowest BCUT2D eigenvalue weighted by molar-refractivity contribution is 0.795. The second-order valence-electron chi connectivity index (χ2n) is 1.93. The van der Waals surface area contributed by atoms with Gasteiger partial charge >= 0.3 is 4.80 Å². The molecule has 0 aliphatic rings. The first-order valence-corrected chi connectivity index (χ1v) is 6.13. The number of thioether (sulfide) groups is 1. The van der Waals surface area contributed by atoms with Crippen molar-refractivity contribution in [2.45, 2.75) is 4.34 Å². The van der Waals surface area contributed by atoms with Gasteiger partial charge in [-0.15, -0.1) is 0 Å². The Bertz CT molecular complexity index is 268. The van der Waals surface area contributed by atoms with Gasteiger partial charge in [-0.1, -0.05) is 11.8 Å². The van der Waals surface area contributed by atoms with Crippen LogP contribution in [-0.4, -0.2) is 25.3 Å². The summed E-state index contributed by atoms with van der Waals surface area (Å²) in [5.74, 6) is 0. The average molecular weight is 193 g/mol. The van der Waals surface area contributed by atoms with Crippen molar-refractivity contribution in [2.75, 3.05) is 20.4 Å². The third kappa shape index (κ3) is 1.81. The van der Waals surface area contributed by atoms with E-state index >= 15 is 0 Å². The molecule has 1 aromatic heterocycles. The van der Waals surface area contributed by atoms with Crippen LogP contribution in [0.25, 0.3) is 0 Å². The fourth-order valence-electron chi connectivity index (χ4n) is 0.442. The van der Waals surface area contributed by atoms with Gasteiger partial charge < -0.3 is 0 Å². The monoisotopic (exact) mass is 193 g/mol. The van der Waals surface area contributed by atoms with E-state index in [1.54, 1.807) is 32.4 Å². The van der Waals surface area contributed by atoms with Gasteiger partial charge in [-0.25, -0.2) is 0 Å². The molecule has 0 aliphatic heterocycles. The smallest absolute Gasteiger partial charge is 0.254 e. The molecule has 2 nitrogen and oxygen atoms in total. The number of aromatic nitrogens is 1. The van der Waals surface area contributed by atoms with Crippen LogP contribution in [-0.2, 0) is 0 Å². The minimum absolute atomic E-state index is 1.09. The highest BCUT2D eigenvalue weighted by molar-refractivity contribution is 8.01. The molecule has 1 rings (SSSR count). The molecule has 1 aromatic rings. The first kappa shape index (κ1) is 8.23. The Morgan fingerprint density at radius 2 is 2.10 bits per heavy atom. The van der Waals surface area contributed by atoms with Gasteiger partial charge in [0.25, 0.3) is 4.34 Å². The second-order valence-corrected chi connectivity index (χ2v) is 5.06. The first-order valence-electron chi connectivity index (χ1n) is 2.75. The third-order valence-corrected chi connectivity index (χ3v) is 4.53. The fourth-order valence-corrected chi connectivity index (χ4v) is 3.58. The summed E-state index contributed by atoms with van der Waals surface area (Å²) in [5, 5.41) is 0. The van der Waals surface area contributed by atoms with Crippen molar-refractivity contribution in [1.29, 1.82) is 0 Å². The molecule has 0 saturated carbocycles. The van der Waals surface area contributed by atoms with Gasteiger partial charge in [0, 0.05) is 10.3 Å². The van der Waals surface area contributed by atoms with Crippen LogP contribution in [0, 0.1) is 0 Å². The number of nitrogens with zero attached hydrogens (tertiary/aromatic N) is 2. The third-order valence-electron chi connectivity index (χ3n) is 0.932. The Morgan fingerprint density at radius 1 is 1.40 bits per heavy atom. The summed E-state index contributed by atoms with van der Waals surface area (Å²) in [5.41, 5.74) is 0. The lowest BCUT2D eigenvalue weighted by atomic mass is 11.1. The summed E-state index contributed by atoms with van der Waals surface area (Å²) < 4.78 is 3.18. The number of hydrogen-bond donors (Lipinski definition) is 0. The maximum atomic E-state index is 4.35. The Kier molecular flexibility index (Phi) is 2.88.